The van der Waals surface area contributed by atoms with Crippen molar-refractivity contribution in [3.8, 4) is 6.07 Å². The van der Waals surface area contributed by atoms with E-state index >= 15 is 0 Å². The van der Waals surface area contributed by atoms with E-state index in [2.05, 4.69) is 4.99 Å². The second-order valence-electron chi connectivity index (χ2n) is 3.90. The molecule has 0 amide bonds. The summed E-state index contributed by atoms with van der Waals surface area (Å²) in [4.78, 5) is 3.86. The lowest BCUT2D eigenvalue weighted by molar-refractivity contribution is 0.829. The number of allylic oxidation sites excluding steroid dienone is 1. The Kier molecular flexibility index (Phi) is 5.22. The molecule has 0 saturated heterocycles. The molecule has 0 spiro atoms. The molecule has 0 fully saturated rings. The predicted octanol–water partition coefficient (Wildman–Crippen LogP) is 0.532. The molecule has 4 nitrogen and oxygen atoms in total. The van der Waals surface area contributed by atoms with Crippen LogP contribution in [0, 0.1) is 11.3 Å². The lowest BCUT2D eigenvalue weighted by Crippen LogP contribution is -2.36. The molecule has 0 heterocycles. The van der Waals surface area contributed by atoms with Gasteiger partial charge in [-0.3, -0.25) is 0 Å². The monoisotopic (exact) mass is 268 g/mol. The van der Waals surface area contributed by atoms with E-state index in [0.29, 0.717) is 21.8 Å². The number of halogens is 1. The Bertz CT molecular complexity index is 561. The van der Waals surface area contributed by atoms with Gasteiger partial charge in [-0.15, -0.1) is 0 Å². The molecule has 4 N–H and O–H groups in total. The normalized spacial score (nSPS) is 12.6. The molecule has 0 saturated carbocycles. The van der Waals surface area contributed by atoms with Gasteiger partial charge >= 0.3 is 0 Å². The summed E-state index contributed by atoms with van der Waals surface area (Å²) in [5.41, 5.74) is 12.6. The smallest absolute Gasteiger partial charge is 0.101 e. The van der Waals surface area contributed by atoms with E-state index in [4.69, 9.17) is 44.0 Å². The number of rotatable bonds is 4. The third kappa shape index (κ3) is 4.47. The molecule has 0 bridgehead atoms. The summed E-state index contributed by atoms with van der Waals surface area (Å²) in [6.07, 6.45) is 2.91. The first-order chi connectivity index (χ1) is 8.89. The maximum Gasteiger partial charge on any atom is 0.101 e. The van der Waals surface area contributed by atoms with Crippen molar-refractivity contribution in [3.05, 3.63) is 40.4 Å². The molecule has 0 unspecified atom stereocenters. The van der Waals surface area contributed by atoms with Crippen molar-refractivity contribution in [1.82, 2.24) is 0 Å². The van der Waals surface area contributed by atoms with Crippen molar-refractivity contribution in [2.24, 2.45) is 16.5 Å². The molecule has 0 aliphatic rings. The number of hydrogen-bond acceptors (Lipinski definition) is 4. The van der Waals surface area contributed by atoms with Crippen molar-refractivity contribution in [2.75, 3.05) is 6.54 Å². The molecule has 0 aliphatic heterocycles. The molecule has 0 aromatic heterocycles. The Morgan fingerprint density at radius 3 is 2.74 bits per heavy atom. The minimum atomic E-state index is -1.31. The molecule has 0 atom stereocenters. The van der Waals surface area contributed by atoms with Crippen LogP contribution in [0.4, 0.5) is 0 Å². The third-order valence-corrected chi connectivity index (χ3v) is 2.63. The minimum Gasteiger partial charge on any atom is -0.398 e. The summed E-state index contributed by atoms with van der Waals surface area (Å²) in [6, 6.07) is 6.84. The SMILES string of the molecule is [B]C([B])(CN)N=CC=C(N)c1ccc(C#N)c(Cl)c1. The van der Waals surface area contributed by atoms with Crippen molar-refractivity contribution in [1.29, 1.82) is 5.26 Å². The highest BCUT2D eigenvalue weighted by Crippen LogP contribution is 2.19. The van der Waals surface area contributed by atoms with Crippen molar-refractivity contribution >= 4 is 39.2 Å². The van der Waals surface area contributed by atoms with Gasteiger partial charge in [-0.25, -0.2) is 0 Å². The molecule has 0 aliphatic carbocycles. The fraction of sp³-hybridized carbons (Fsp3) is 0.167. The van der Waals surface area contributed by atoms with Crippen LogP contribution in [-0.2, 0) is 0 Å². The van der Waals surface area contributed by atoms with Crippen LogP contribution in [0.5, 0.6) is 0 Å². The van der Waals surface area contributed by atoms with E-state index in [1.54, 1.807) is 18.2 Å². The van der Waals surface area contributed by atoms with Gasteiger partial charge in [0.05, 0.1) is 26.3 Å². The first-order valence-electron chi connectivity index (χ1n) is 5.38. The van der Waals surface area contributed by atoms with Crippen molar-refractivity contribution in [2.45, 2.75) is 5.34 Å². The van der Waals surface area contributed by atoms with Crippen LogP contribution >= 0.6 is 11.6 Å². The van der Waals surface area contributed by atoms with Crippen LogP contribution in [0.1, 0.15) is 11.1 Å². The predicted molar refractivity (Wildman–Crippen MR) is 80.1 cm³/mol. The summed E-state index contributed by atoms with van der Waals surface area (Å²) in [6.45, 7) is 0.0138. The topological polar surface area (TPSA) is 88.2 Å². The fourth-order valence-corrected chi connectivity index (χ4v) is 1.41. The maximum atomic E-state index is 8.76. The van der Waals surface area contributed by atoms with Crippen LogP contribution in [0.25, 0.3) is 5.70 Å². The highest BCUT2D eigenvalue weighted by molar-refractivity contribution is 6.40. The molecule has 4 radical (unpaired) electrons. The van der Waals surface area contributed by atoms with E-state index < -0.39 is 5.34 Å². The van der Waals surface area contributed by atoms with Gasteiger partial charge in [-0.05, 0) is 29.1 Å². The summed E-state index contributed by atoms with van der Waals surface area (Å²) < 4.78 is 0. The Morgan fingerprint density at radius 1 is 1.53 bits per heavy atom. The molecule has 19 heavy (non-hydrogen) atoms. The summed E-state index contributed by atoms with van der Waals surface area (Å²) in [5.74, 6) is 0. The standard InChI is InChI=1S/C12H11B2ClN4/c13-12(14,7-17)19-4-3-11(18)8-1-2-9(6-16)10(15)5-8/h1-5H,7,17-18H2. The number of aliphatic imine (C=N–C) groups is 1. The van der Waals surface area contributed by atoms with E-state index in [-0.39, 0.29) is 6.54 Å². The van der Waals surface area contributed by atoms with E-state index in [1.807, 2.05) is 6.07 Å². The molecular formula is C12H11B2ClN4. The fourth-order valence-electron chi connectivity index (χ4n) is 1.19. The minimum absolute atomic E-state index is 0.0138. The Balaban J connectivity index is 2.92. The van der Waals surface area contributed by atoms with Gasteiger partial charge in [0.2, 0.25) is 0 Å². The zero-order valence-electron chi connectivity index (χ0n) is 10.2. The third-order valence-electron chi connectivity index (χ3n) is 2.32. The van der Waals surface area contributed by atoms with E-state index in [1.165, 1.54) is 12.3 Å². The Hall–Kier alpha value is -1.70. The highest BCUT2D eigenvalue weighted by atomic mass is 35.5. The van der Waals surface area contributed by atoms with E-state index in [9.17, 15) is 0 Å². The lowest BCUT2D eigenvalue weighted by Gasteiger charge is -2.16. The van der Waals surface area contributed by atoms with Gasteiger partial charge in [-0.1, -0.05) is 17.7 Å². The summed E-state index contributed by atoms with van der Waals surface area (Å²) in [7, 11) is 11.1. The number of benzene rings is 1. The maximum absolute atomic E-state index is 8.76. The quantitative estimate of drug-likeness (QED) is 0.616. The number of nitrogens with zero attached hydrogens (tertiary/aromatic N) is 2. The van der Waals surface area contributed by atoms with E-state index in [0.717, 1.165) is 0 Å². The number of hydrogen-bond donors (Lipinski definition) is 2. The van der Waals surface area contributed by atoms with Gasteiger partial charge in [0.25, 0.3) is 0 Å². The van der Waals surface area contributed by atoms with Gasteiger partial charge in [0, 0.05) is 18.5 Å². The average Bonchev–Trinajstić information content (AvgIpc) is 2.38. The van der Waals surface area contributed by atoms with Crippen LogP contribution in [-0.4, -0.2) is 33.8 Å². The second kappa shape index (κ2) is 6.46. The van der Waals surface area contributed by atoms with Crippen LogP contribution in [0.15, 0.2) is 29.3 Å². The lowest BCUT2D eigenvalue weighted by atomic mass is 9.62. The molecular weight excluding hydrogens is 257 g/mol. The first kappa shape index (κ1) is 15.4. The molecule has 1 aromatic rings. The zero-order chi connectivity index (χ0) is 14.5. The Morgan fingerprint density at radius 2 is 2.21 bits per heavy atom. The van der Waals surface area contributed by atoms with Gasteiger partial charge < -0.3 is 16.5 Å². The van der Waals surface area contributed by atoms with Gasteiger partial charge in [0.1, 0.15) is 6.07 Å². The largest absolute Gasteiger partial charge is 0.398 e. The number of nitrogens with two attached hydrogens (primary N) is 2. The van der Waals surface area contributed by atoms with Crippen LogP contribution in [0.3, 0.4) is 0 Å². The summed E-state index contributed by atoms with van der Waals surface area (Å²) >= 11 is 5.91. The van der Waals surface area contributed by atoms with Crippen LogP contribution in [0.2, 0.25) is 5.02 Å². The van der Waals surface area contributed by atoms with Crippen LogP contribution < -0.4 is 11.5 Å². The zero-order valence-corrected chi connectivity index (χ0v) is 10.9. The summed E-state index contributed by atoms with van der Waals surface area (Å²) in [5, 5.41) is 7.79. The molecule has 7 heteroatoms. The molecule has 1 rings (SSSR count). The van der Waals surface area contributed by atoms with Gasteiger partial charge in [-0.2, -0.15) is 5.26 Å². The van der Waals surface area contributed by atoms with Crippen molar-refractivity contribution < 1.29 is 0 Å². The molecule has 1 aromatic carbocycles. The molecule has 92 valence electrons. The van der Waals surface area contributed by atoms with Gasteiger partial charge in [0.15, 0.2) is 0 Å². The van der Waals surface area contributed by atoms with Crippen molar-refractivity contribution in [3.63, 3.8) is 0 Å². The number of nitriles is 1. The first-order valence-corrected chi connectivity index (χ1v) is 5.76. The highest BCUT2D eigenvalue weighted by Gasteiger charge is 2.10. The second-order valence-corrected chi connectivity index (χ2v) is 4.31. The Labute approximate surface area is 120 Å². The average molecular weight is 268 g/mol.